The molecule has 0 aliphatic rings. The molecule has 6 nitrogen and oxygen atoms in total. The molecule has 0 spiro atoms. The topological polar surface area (TPSA) is 110 Å². The zero-order valence-electron chi connectivity index (χ0n) is 13.4. The lowest BCUT2D eigenvalue weighted by molar-refractivity contribution is 0.113. The van der Waals surface area contributed by atoms with E-state index in [-0.39, 0.29) is 22.4 Å². The first-order valence-electron chi connectivity index (χ1n) is 7.33. The lowest BCUT2D eigenvalue weighted by Gasteiger charge is -2.07. The zero-order chi connectivity index (χ0) is 19.8. The first-order valence-corrected chi connectivity index (χ1v) is 8.88. The van der Waals surface area contributed by atoms with Gasteiger partial charge in [0, 0.05) is 5.56 Å². The lowest BCUT2D eigenvalue weighted by atomic mass is 9.98. The number of halogens is 3. The van der Waals surface area contributed by atoms with Crippen LogP contribution < -0.4 is 5.14 Å². The highest BCUT2D eigenvalue weighted by molar-refractivity contribution is 7.89. The van der Waals surface area contributed by atoms with Crippen molar-refractivity contribution in [2.45, 2.75) is 11.3 Å². The average molecular weight is 393 g/mol. The summed E-state index contributed by atoms with van der Waals surface area (Å²) in [5.74, 6) is -2.01. The van der Waals surface area contributed by atoms with Gasteiger partial charge in [0.1, 0.15) is 16.4 Å². The molecule has 0 unspecified atom stereocenters. The molecule has 3 rings (SSSR count). The average Bonchev–Trinajstić information content (AvgIpc) is 3.06. The molecule has 10 heteroatoms. The summed E-state index contributed by atoms with van der Waals surface area (Å²) in [6, 6.07) is 10.6. The van der Waals surface area contributed by atoms with Gasteiger partial charge in [-0.15, -0.1) is 0 Å². The Bertz CT molecular complexity index is 1170. The molecular weight excluding hydrogens is 383 g/mol. The van der Waals surface area contributed by atoms with Gasteiger partial charge in [0.05, 0.1) is 17.2 Å². The van der Waals surface area contributed by atoms with E-state index in [0.717, 1.165) is 18.2 Å². The van der Waals surface area contributed by atoms with Crippen LogP contribution in [0.2, 0.25) is 0 Å². The normalized spacial score (nSPS) is 11.6. The molecular formula is C17H10F3N3O3S. The van der Waals surface area contributed by atoms with Crippen molar-refractivity contribution < 1.29 is 26.1 Å². The fraction of sp³-hybridized carbons (Fsp3) is 0.0588. The minimum Gasteiger partial charge on any atom is -0.354 e. The van der Waals surface area contributed by atoms with Crippen LogP contribution in [0, 0.1) is 17.1 Å². The number of alkyl halides is 2. The molecule has 0 saturated heterocycles. The van der Waals surface area contributed by atoms with Gasteiger partial charge in [-0.2, -0.15) is 5.26 Å². The Kier molecular flexibility index (Phi) is 4.73. The highest BCUT2D eigenvalue weighted by Gasteiger charge is 2.27. The van der Waals surface area contributed by atoms with Gasteiger partial charge in [-0.25, -0.2) is 26.7 Å². The first-order chi connectivity index (χ1) is 12.7. The summed E-state index contributed by atoms with van der Waals surface area (Å²) in [6.45, 7) is 0. The second-order valence-electron chi connectivity index (χ2n) is 5.45. The number of nitrogens with two attached hydrogens (primary N) is 1. The van der Waals surface area contributed by atoms with Crippen molar-refractivity contribution in [3.05, 3.63) is 59.6 Å². The van der Waals surface area contributed by atoms with Gasteiger partial charge >= 0.3 is 0 Å². The molecule has 0 bridgehead atoms. The molecule has 2 N–H and O–H groups in total. The number of aromatic nitrogens is 1. The maximum atomic E-state index is 14.2. The van der Waals surface area contributed by atoms with Crippen LogP contribution in [0.15, 0.2) is 51.9 Å². The summed E-state index contributed by atoms with van der Waals surface area (Å²) >= 11 is 0. The molecule has 138 valence electrons. The van der Waals surface area contributed by atoms with Gasteiger partial charge < -0.3 is 4.52 Å². The second kappa shape index (κ2) is 6.86. The van der Waals surface area contributed by atoms with E-state index in [4.69, 9.17) is 14.9 Å². The van der Waals surface area contributed by atoms with Crippen molar-refractivity contribution in [2.75, 3.05) is 0 Å². The van der Waals surface area contributed by atoms with Crippen molar-refractivity contribution in [1.29, 1.82) is 5.26 Å². The predicted octanol–water partition coefficient (Wildman–Crippen LogP) is 3.60. The molecule has 0 aliphatic carbocycles. The first kappa shape index (κ1) is 18.6. The molecule has 27 heavy (non-hydrogen) atoms. The Labute approximate surface area is 151 Å². The number of primary sulfonamides is 1. The van der Waals surface area contributed by atoms with E-state index in [0.29, 0.717) is 5.56 Å². The number of nitrogens with zero attached hydrogens (tertiary/aromatic N) is 2. The Morgan fingerprint density at radius 3 is 2.48 bits per heavy atom. The Balaban J connectivity index is 2.25. The predicted molar refractivity (Wildman–Crippen MR) is 88.4 cm³/mol. The van der Waals surface area contributed by atoms with E-state index in [1.807, 2.05) is 6.07 Å². The third-order valence-corrected chi connectivity index (χ3v) is 4.65. The van der Waals surface area contributed by atoms with Crippen molar-refractivity contribution in [1.82, 2.24) is 5.16 Å². The van der Waals surface area contributed by atoms with Gasteiger partial charge in [-0.05, 0) is 29.8 Å². The van der Waals surface area contributed by atoms with Crippen molar-refractivity contribution in [3.63, 3.8) is 0 Å². The fourth-order valence-corrected chi connectivity index (χ4v) is 3.14. The van der Waals surface area contributed by atoms with Crippen LogP contribution in [0.1, 0.15) is 17.7 Å². The second-order valence-corrected chi connectivity index (χ2v) is 6.98. The van der Waals surface area contributed by atoms with Crippen LogP contribution in [0.3, 0.4) is 0 Å². The minimum absolute atomic E-state index is 0.0369. The number of rotatable bonds is 4. The molecule has 0 saturated carbocycles. The van der Waals surface area contributed by atoms with Crippen LogP contribution in [0.25, 0.3) is 22.4 Å². The van der Waals surface area contributed by atoms with E-state index in [1.54, 1.807) is 0 Å². The van der Waals surface area contributed by atoms with Crippen LogP contribution in [-0.4, -0.2) is 13.6 Å². The van der Waals surface area contributed by atoms with Crippen LogP contribution in [0.4, 0.5) is 13.2 Å². The van der Waals surface area contributed by atoms with E-state index >= 15 is 0 Å². The van der Waals surface area contributed by atoms with Gasteiger partial charge in [0.15, 0.2) is 0 Å². The molecule has 0 aliphatic heterocycles. The van der Waals surface area contributed by atoms with E-state index in [1.165, 1.54) is 24.3 Å². The van der Waals surface area contributed by atoms with Crippen molar-refractivity contribution in [3.8, 4) is 28.5 Å². The molecule has 1 aromatic heterocycles. The van der Waals surface area contributed by atoms with Crippen LogP contribution in [-0.2, 0) is 10.0 Å². The number of sulfonamides is 1. The summed E-state index contributed by atoms with van der Waals surface area (Å²) in [4.78, 5) is -0.769. The highest BCUT2D eigenvalue weighted by atomic mass is 32.2. The summed E-state index contributed by atoms with van der Waals surface area (Å²) in [7, 11) is -4.32. The molecule has 0 radical (unpaired) electrons. The van der Waals surface area contributed by atoms with Gasteiger partial charge in [-0.3, -0.25) is 0 Å². The van der Waals surface area contributed by atoms with Crippen molar-refractivity contribution >= 4 is 10.0 Å². The smallest absolute Gasteiger partial charge is 0.298 e. The SMILES string of the molecule is N#Cc1cccc(-c2noc(C(F)F)c2-c2ccc(S(N)(=O)=O)c(F)c2)c1. The third-order valence-electron chi connectivity index (χ3n) is 3.71. The molecule has 0 amide bonds. The summed E-state index contributed by atoms with van der Waals surface area (Å²) < 4.78 is 68.3. The quantitative estimate of drug-likeness (QED) is 0.728. The zero-order valence-corrected chi connectivity index (χ0v) is 14.2. The number of benzene rings is 2. The summed E-state index contributed by atoms with van der Waals surface area (Å²) in [5, 5.41) is 17.5. The van der Waals surface area contributed by atoms with Crippen LogP contribution in [0.5, 0.6) is 0 Å². The maximum absolute atomic E-state index is 14.2. The number of nitriles is 1. The molecule has 0 atom stereocenters. The van der Waals surface area contributed by atoms with Gasteiger partial charge in [0.2, 0.25) is 15.8 Å². The standard InChI is InChI=1S/C17H10F3N3O3S/c18-12-7-10(4-5-13(12)27(22,24)25)14-15(23-26-16(14)17(19)20)11-3-1-2-9(6-11)8-21/h1-7,17H,(H2,22,24,25). The Morgan fingerprint density at radius 1 is 1.15 bits per heavy atom. The maximum Gasteiger partial charge on any atom is 0.298 e. The summed E-state index contributed by atoms with van der Waals surface area (Å²) in [5.41, 5.74) is 0.241. The van der Waals surface area contributed by atoms with Gasteiger partial charge in [0.25, 0.3) is 6.43 Å². The molecule has 3 aromatic rings. The van der Waals surface area contributed by atoms with Crippen LogP contribution >= 0.6 is 0 Å². The number of hydrogen-bond acceptors (Lipinski definition) is 5. The largest absolute Gasteiger partial charge is 0.354 e. The molecule has 2 aromatic carbocycles. The minimum atomic E-state index is -4.32. The van der Waals surface area contributed by atoms with Gasteiger partial charge in [-0.1, -0.05) is 23.4 Å². The molecule has 1 heterocycles. The summed E-state index contributed by atoms with van der Waals surface area (Å²) in [6.07, 6.45) is -3.05. The van der Waals surface area contributed by atoms with E-state index in [2.05, 4.69) is 5.16 Å². The lowest BCUT2D eigenvalue weighted by Crippen LogP contribution is -2.14. The fourth-order valence-electron chi connectivity index (χ4n) is 2.55. The Morgan fingerprint density at radius 2 is 1.89 bits per heavy atom. The third kappa shape index (κ3) is 3.55. The van der Waals surface area contributed by atoms with Crippen molar-refractivity contribution in [2.24, 2.45) is 5.14 Å². The number of hydrogen-bond donors (Lipinski definition) is 1. The van der Waals surface area contributed by atoms with E-state index in [9.17, 15) is 21.6 Å². The Hall–Kier alpha value is -3.16. The van der Waals surface area contributed by atoms with E-state index < -0.39 is 32.9 Å². The highest BCUT2D eigenvalue weighted by Crippen LogP contribution is 2.39. The monoisotopic (exact) mass is 393 g/mol. The molecule has 0 fully saturated rings.